The number of hydrogen-bond acceptors (Lipinski definition) is 9. The van der Waals surface area contributed by atoms with Crippen LogP contribution in [0.25, 0.3) is 16.6 Å². The number of nitrogens with zero attached hydrogens (tertiary/aromatic N) is 6. The SMILES string of the molecule is [2H]C([2H])([2H])n1c(=O)n([C@@H]2CC[C@@]([2H])(NC(=O)OC)C2)c2cc(Nc3ccc4c(C5CCOCC5)nc(C5(C(N)=O)CC(F)C5)n4n3)ncc21. The van der Waals surface area contributed by atoms with Gasteiger partial charge in [-0.3, -0.25) is 13.9 Å². The van der Waals surface area contributed by atoms with Crippen molar-refractivity contribution in [3.05, 3.63) is 46.4 Å². The molecule has 4 aromatic heterocycles. The van der Waals surface area contributed by atoms with E-state index in [1.54, 1.807) is 12.1 Å². The molecule has 2 saturated carbocycles. The van der Waals surface area contributed by atoms with Gasteiger partial charge in [-0.15, -0.1) is 5.10 Å². The summed E-state index contributed by atoms with van der Waals surface area (Å²) in [7, 11) is 1.19. The van der Waals surface area contributed by atoms with Crippen LogP contribution in [0.5, 0.6) is 0 Å². The van der Waals surface area contributed by atoms with Crippen molar-refractivity contribution in [3.8, 4) is 0 Å². The summed E-state index contributed by atoms with van der Waals surface area (Å²) >= 11 is 0. The van der Waals surface area contributed by atoms with E-state index in [2.05, 4.69) is 20.4 Å². The van der Waals surface area contributed by atoms with Crippen LogP contribution in [0.1, 0.15) is 73.9 Å². The van der Waals surface area contributed by atoms with Crippen molar-refractivity contribution in [2.24, 2.45) is 12.7 Å². The van der Waals surface area contributed by atoms with Crippen LogP contribution < -0.4 is 22.1 Å². The van der Waals surface area contributed by atoms with Crippen molar-refractivity contribution in [2.45, 2.75) is 74.5 Å². The lowest BCUT2D eigenvalue weighted by atomic mass is 9.66. The van der Waals surface area contributed by atoms with E-state index in [1.165, 1.54) is 28.5 Å². The highest BCUT2D eigenvalue weighted by Gasteiger charge is 2.54. The number of imidazole rings is 2. The Balaban J connectivity index is 1.29. The highest BCUT2D eigenvalue weighted by Crippen LogP contribution is 2.46. The van der Waals surface area contributed by atoms with Crippen molar-refractivity contribution >= 4 is 40.2 Å². The van der Waals surface area contributed by atoms with Crippen molar-refractivity contribution < 1.29 is 28.9 Å². The molecule has 3 aliphatic rings. The first-order chi connectivity index (χ1) is 23.2. The molecule has 14 nitrogen and oxygen atoms in total. The van der Waals surface area contributed by atoms with Crippen LogP contribution in [0.3, 0.4) is 0 Å². The number of amides is 2. The molecule has 4 N–H and O–H groups in total. The number of nitrogens with one attached hydrogen (secondary N) is 2. The van der Waals surface area contributed by atoms with E-state index in [1.807, 2.05) is 0 Å². The third-order valence-corrected chi connectivity index (χ3v) is 9.28. The maximum absolute atomic E-state index is 14.3. The highest BCUT2D eigenvalue weighted by atomic mass is 19.1. The molecule has 45 heavy (non-hydrogen) atoms. The maximum Gasteiger partial charge on any atom is 0.407 e. The fourth-order valence-corrected chi connectivity index (χ4v) is 6.86. The van der Waals surface area contributed by atoms with Gasteiger partial charge < -0.3 is 25.8 Å². The summed E-state index contributed by atoms with van der Waals surface area (Å²) in [6, 6.07) is 3.00. The molecule has 0 spiro atoms. The van der Waals surface area contributed by atoms with Gasteiger partial charge in [0.15, 0.2) is 5.82 Å². The minimum Gasteiger partial charge on any atom is -0.453 e. The number of anilines is 2. The number of halogens is 1. The summed E-state index contributed by atoms with van der Waals surface area (Å²) < 4.78 is 60.8. The van der Waals surface area contributed by atoms with Gasteiger partial charge in [0.25, 0.3) is 0 Å². The van der Waals surface area contributed by atoms with E-state index in [9.17, 15) is 18.8 Å². The second-order valence-corrected chi connectivity index (χ2v) is 12.0. The summed E-state index contributed by atoms with van der Waals surface area (Å²) in [6.45, 7) is -1.69. The summed E-state index contributed by atoms with van der Waals surface area (Å²) in [6.07, 6.45) is 1.12. The fraction of sp³-hybridized carbons (Fsp3) is 0.533. The monoisotopic (exact) mass is 625 g/mol. The number of carbonyl (C=O) groups is 2. The Labute approximate surface area is 262 Å². The van der Waals surface area contributed by atoms with Crippen LogP contribution in [0.15, 0.2) is 29.2 Å². The summed E-state index contributed by atoms with van der Waals surface area (Å²) in [4.78, 5) is 47.5. The van der Waals surface area contributed by atoms with E-state index >= 15 is 0 Å². The number of carbonyl (C=O) groups excluding carboxylic acids is 2. The van der Waals surface area contributed by atoms with E-state index in [-0.39, 0.29) is 60.1 Å². The molecule has 5 heterocycles. The molecule has 2 aliphatic carbocycles. The van der Waals surface area contributed by atoms with Crippen LogP contribution in [-0.4, -0.2) is 73.2 Å². The number of nitrogens with two attached hydrogens (primary N) is 1. The number of alkyl halides is 1. The van der Waals surface area contributed by atoms with Crippen LogP contribution >= 0.6 is 0 Å². The molecule has 0 unspecified atom stereocenters. The van der Waals surface area contributed by atoms with Crippen LogP contribution in [0, 0.1) is 0 Å². The molecule has 1 aliphatic heterocycles. The first kappa shape index (κ1) is 24.8. The zero-order chi connectivity index (χ0) is 34.9. The van der Waals surface area contributed by atoms with Gasteiger partial charge >= 0.3 is 11.8 Å². The topological polar surface area (TPSA) is 173 Å². The minimum absolute atomic E-state index is 0.0334. The molecule has 0 aromatic carbocycles. The zero-order valence-electron chi connectivity index (χ0n) is 28.6. The van der Waals surface area contributed by atoms with Gasteiger partial charge in [0.1, 0.15) is 23.2 Å². The number of aryl methyl sites for hydroxylation is 1. The van der Waals surface area contributed by atoms with Crippen molar-refractivity contribution in [1.82, 2.24) is 34.0 Å². The Bertz CT molecular complexity index is 2020. The number of primary amides is 1. The number of pyridine rings is 1. The lowest BCUT2D eigenvalue weighted by Gasteiger charge is -2.39. The van der Waals surface area contributed by atoms with Gasteiger partial charge in [0.2, 0.25) is 5.91 Å². The first-order valence-electron chi connectivity index (χ1n) is 16.9. The molecular weight excluding hydrogens is 585 g/mol. The zero-order valence-corrected chi connectivity index (χ0v) is 24.6. The lowest BCUT2D eigenvalue weighted by molar-refractivity contribution is -0.129. The average Bonchev–Trinajstić information content (AvgIpc) is 3.69. The van der Waals surface area contributed by atoms with Gasteiger partial charge in [0.05, 0.1) is 36.9 Å². The number of fused-ring (bicyclic) bond motifs is 2. The summed E-state index contributed by atoms with van der Waals surface area (Å²) in [5, 5.41) is 10.3. The van der Waals surface area contributed by atoms with E-state index < -0.39 is 48.3 Å². The van der Waals surface area contributed by atoms with Gasteiger partial charge in [-0.1, -0.05) is 0 Å². The Morgan fingerprint density at radius 2 is 1.98 bits per heavy atom. The molecule has 1 saturated heterocycles. The average molecular weight is 626 g/mol. The molecule has 0 bridgehead atoms. The predicted molar refractivity (Wildman–Crippen MR) is 161 cm³/mol. The lowest BCUT2D eigenvalue weighted by Crippen LogP contribution is -2.53. The second kappa shape index (κ2) is 11.1. The van der Waals surface area contributed by atoms with E-state index in [4.69, 9.17) is 26.0 Å². The second-order valence-electron chi connectivity index (χ2n) is 12.0. The summed E-state index contributed by atoms with van der Waals surface area (Å²) in [5.74, 6) is 0.142. The minimum atomic E-state index is -2.82. The molecule has 7 rings (SSSR count). The molecular formula is C30H36FN9O5. The Kier molecular flexibility index (Phi) is 6.12. The quantitative estimate of drug-likeness (QED) is 0.279. The van der Waals surface area contributed by atoms with E-state index in [0.717, 1.165) is 18.5 Å². The number of hydrogen-bond donors (Lipinski definition) is 3. The molecule has 2 atom stereocenters. The Morgan fingerprint density at radius 3 is 2.69 bits per heavy atom. The smallest absolute Gasteiger partial charge is 0.407 e. The largest absolute Gasteiger partial charge is 0.453 e. The Morgan fingerprint density at radius 1 is 1.18 bits per heavy atom. The maximum atomic E-state index is 14.3. The van der Waals surface area contributed by atoms with Crippen molar-refractivity contribution in [1.29, 1.82) is 0 Å². The van der Waals surface area contributed by atoms with Crippen molar-refractivity contribution in [2.75, 3.05) is 25.6 Å². The molecule has 3 fully saturated rings. The fourth-order valence-electron chi connectivity index (χ4n) is 6.86. The molecule has 2 amide bonds. The highest BCUT2D eigenvalue weighted by molar-refractivity contribution is 5.87. The van der Waals surface area contributed by atoms with Crippen molar-refractivity contribution in [3.63, 3.8) is 0 Å². The molecule has 4 aromatic rings. The van der Waals surface area contributed by atoms with E-state index in [0.29, 0.717) is 29.7 Å². The Hall–Kier alpha value is -4.53. The van der Waals surface area contributed by atoms with Gasteiger partial charge in [-0.25, -0.2) is 28.5 Å². The van der Waals surface area contributed by atoms with Crippen LogP contribution in [-0.2, 0) is 26.7 Å². The molecule has 15 heteroatoms. The number of ether oxygens (including phenoxy) is 2. The number of aromatic nitrogens is 6. The summed E-state index contributed by atoms with van der Waals surface area (Å²) in [5.41, 5.74) is 5.43. The molecule has 0 radical (unpaired) electrons. The van der Waals surface area contributed by atoms with Crippen LogP contribution in [0.4, 0.5) is 20.8 Å². The van der Waals surface area contributed by atoms with Crippen LogP contribution in [0.2, 0.25) is 0 Å². The molecule has 238 valence electrons. The normalized spacial score (nSPS) is 28.6. The number of rotatable bonds is 7. The third-order valence-electron chi connectivity index (χ3n) is 9.28. The van der Waals surface area contributed by atoms with Gasteiger partial charge in [0, 0.05) is 61.2 Å². The standard InChI is InChI=1S/C30H36FN9O5/c1-38-22-15-33-24(12-21(22)39(29(38)43)19-4-3-18(11-19)34-28(42)44-2)35-23-6-5-20-25(16-7-9-45-10-8-16)36-27(40(20)37-23)30(26(32)41)13-17(31)14-30/h5-6,12,15-19H,3-4,7-11,13-14H2,1-2H3,(H2,32,41)(H,34,42)(H,33,35,37)/t17?,18-,19-,30?/m1/s1/i1D3,18D. The third kappa shape index (κ3) is 4.89. The number of methoxy groups -OCH3 is 1. The number of alkyl carbamates (subject to hydrolysis) is 1. The van der Waals surface area contributed by atoms with Gasteiger partial charge in [-0.2, -0.15) is 0 Å². The van der Waals surface area contributed by atoms with Gasteiger partial charge in [-0.05, 0) is 44.2 Å². The first-order valence-corrected chi connectivity index (χ1v) is 14.9. The predicted octanol–water partition coefficient (Wildman–Crippen LogP) is 2.72.